The second-order valence-corrected chi connectivity index (χ2v) is 6.74. The van der Waals surface area contributed by atoms with Crippen molar-refractivity contribution < 1.29 is 14.3 Å². The number of nitrogens with zero attached hydrogens (tertiary/aromatic N) is 1. The van der Waals surface area contributed by atoms with Crippen LogP contribution in [-0.2, 0) is 18.0 Å². The highest BCUT2D eigenvalue weighted by atomic mass is 16.6. The zero-order chi connectivity index (χ0) is 18.4. The molecular formula is C21H26N2O3. The largest absolute Gasteiger partial charge is 0.489 e. The smallest absolute Gasteiger partial charge is 0.410 e. The highest BCUT2D eigenvalue weighted by Gasteiger charge is 2.29. The van der Waals surface area contributed by atoms with E-state index in [9.17, 15) is 4.79 Å². The second kappa shape index (κ2) is 8.72. The van der Waals surface area contributed by atoms with Crippen LogP contribution in [0.5, 0.6) is 5.75 Å². The molecule has 2 atom stereocenters. The van der Waals surface area contributed by atoms with Crippen LogP contribution >= 0.6 is 0 Å². The molecule has 5 nitrogen and oxygen atoms in total. The van der Waals surface area contributed by atoms with Crippen molar-refractivity contribution >= 4 is 6.09 Å². The summed E-state index contributed by atoms with van der Waals surface area (Å²) in [6.45, 7) is 6.40. The maximum Gasteiger partial charge on any atom is 0.410 e. The molecule has 1 N–H and O–H groups in total. The fourth-order valence-corrected chi connectivity index (χ4v) is 3.18. The molecule has 0 aromatic heterocycles. The topological polar surface area (TPSA) is 50.8 Å². The molecule has 2 aromatic rings. The van der Waals surface area contributed by atoms with Gasteiger partial charge in [-0.05, 0) is 37.1 Å². The normalized spacial score (nSPS) is 19.8. The van der Waals surface area contributed by atoms with Gasteiger partial charge in [0, 0.05) is 25.2 Å². The second-order valence-electron chi connectivity index (χ2n) is 6.74. The zero-order valence-electron chi connectivity index (χ0n) is 15.4. The number of rotatable bonds is 5. The van der Waals surface area contributed by atoms with Crippen LogP contribution in [0.1, 0.15) is 25.0 Å². The Morgan fingerprint density at radius 1 is 1.00 bits per heavy atom. The molecule has 5 heteroatoms. The van der Waals surface area contributed by atoms with Gasteiger partial charge in [-0.3, -0.25) is 0 Å². The van der Waals surface area contributed by atoms with Crippen LogP contribution in [-0.4, -0.2) is 36.2 Å². The summed E-state index contributed by atoms with van der Waals surface area (Å²) in [6, 6.07) is 18.0. The van der Waals surface area contributed by atoms with Gasteiger partial charge in [0.1, 0.15) is 19.0 Å². The first kappa shape index (κ1) is 18.3. The third-order valence-corrected chi connectivity index (χ3v) is 4.55. The first-order valence-corrected chi connectivity index (χ1v) is 9.05. The average molecular weight is 354 g/mol. The fraction of sp³-hybridized carbons (Fsp3) is 0.381. The fourth-order valence-electron chi connectivity index (χ4n) is 3.18. The minimum Gasteiger partial charge on any atom is -0.489 e. The lowest BCUT2D eigenvalue weighted by molar-refractivity contribution is 0.0563. The van der Waals surface area contributed by atoms with Gasteiger partial charge in [0.25, 0.3) is 0 Å². The van der Waals surface area contributed by atoms with Crippen LogP contribution in [0.4, 0.5) is 4.79 Å². The molecule has 0 radical (unpaired) electrons. The summed E-state index contributed by atoms with van der Waals surface area (Å²) < 4.78 is 11.4. The van der Waals surface area contributed by atoms with Crippen LogP contribution in [0, 0.1) is 0 Å². The van der Waals surface area contributed by atoms with Crippen molar-refractivity contribution in [3.63, 3.8) is 0 Å². The van der Waals surface area contributed by atoms with E-state index in [2.05, 4.69) is 5.32 Å². The monoisotopic (exact) mass is 354 g/mol. The summed E-state index contributed by atoms with van der Waals surface area (Å²) in [5.74, 6) is 0.770. The summed E-state index contributed by atoms with van der Waals surface area (Å²) in [7, 11) is 0. The van der Waals surface area contributed by atoms with E-state index in [1.807, 2.05) is 73.3 Å². The number of hydrogen-bond donors (Lipinski definition) is 1. The van der Waals surface area contributed by atoms with Crippen LogP contribution in [0.3, 0.4) is 0 Å². The zero-order valence-corrected chi connectivity index (χ0v) is 15.4. The van der Waals surface area contributed by atoms with Crippen molar-refractivity contribution in [3.8, 4) is 5.75 Å². The van der Waals surface area contributed by atoms with Crippen molar-refractivity contribution in [2.75, 3.05) is 13.1 Å². The van der Waals surface area contributed by atoms with Gasteiger partial charge in [-0.15, -0.1) is 0 Å². The van der Waals surface area contributed by atoms with E-state index >= 15 is 0 Å². The first-order chi connectivity index (χ1) is 12.6. The highest BCUT2D eigenvalue weighted by Crippen LogP contribution is 2.17. The van der Waals surface area contributed by atoms with Crippen molar-refractivity contribution in [1.29, 1.82) is 0 Å². The molecule has 26 heavy (non-hydrogen) atoms. The van der Waals surface area contributed by atoms with Gasteiger partial charge in [-0.2, -0.15) is 0 Å². The maximum absolute atomic E-state index is 12.4. The third kappa shape index (κ3) is 4.76. The molecule has 1 aliphatic rings. The Morgan fingerprint density at radius 2 is 1.69 bits per heavy atom. The van der Waals surface area contributed by atoms with E-state index in [1.54, 1.807) is 0 Å². The van der Waals surface area contributed by atoms with Gasteiger partial charge in [-0.25, -0.2) is 4.79 Å². The Hall–Kier alpha value is -2.53. The van der Waals surface area contributed by atoms with Crippen LogP contribution in [0.25, 0.3) is 0 Å². The summed E-state index contributed by atoms with van der Waals surface area (Å²) in [4.78, 5) is 14.2. The molecule has 0 saturated carbocycles. The van der Waals surface area contributed by atoms with Gasteiger partial charge < -0.3 is 19.7 Å². The molecule has 2 aromatic carbocycles. The van der Waals surface area contributed by atoms with E-state index in [1.165, 1.54) is 0 Å². The number of piperazine rings is 1. The summed E-state index contributed by atoms with van der Waals surface area (Å²) >= 11 is 0. The van der Waals surface area contributed by atoms with Gasteiger partial charge in [0.05, 0.1) is 0 Å². The summed E-state index contributed by atoms with van der Waals surface area (Å²) in [5.41, 5.74) is 2.03. The molecule has 1 aliphatic heterocycles. The Balaban J connectivity index is 1.54. The first-order valence-electron chi connectivity index (χ1n) is 9.05. The molecule has 2 unspecified atom stereocenters. The molecule has 1 heterocycles. The number of carbonyl (C=O) groups is 1. The predicted molar refractivity (Wildman–Crippen MR) is 101 cm³/mol. The molecule has 0 bridgehead atoms. The number of ether oxygens (including phenoxy) is 2. The van der Waals surface area contributed by atoms with Gasteiger partial charge in [0.2, 0.25) is 0 Å². The Bertz CT molecular complexity index is 710. The van der Waals surface area contributed by atoms with Crippen molar-refractivity contribution in [2.45, 2.75) is 39.1 Å². The number of amides is 1. The molecule has 3 rings (SSSR count). The van der Waals surface area contributed by atoms with Gasteiger partial charge >= 0.3 is 6.09 Å². The Labute approximate surface area is 154 Å². The molecular weight excluding hydrogens is 328 g/mol. The number of benzene rings is 2. The van der Waals surface area contributed by atoms with Crippen LogP contribution < -0.4 is 10.1 Å². The van der Waals surface area contributed by atoms with E-state index in [0.29, 0.717) is 6.61 Å². The van der Waals surface area contributed by atoms with E-state index < -0.39 is 0 Å². The summed E-state index contributed by atoms with van der Waals surface area (Å²) in [6.07, 6.45) is -0.262. The quantitative estimate of drug-likeness (QED) is 0.892. The number of hydrogen-bond acceptors (Lipinski definition) is 4. The lowest BCUT2D eigenvalue weighted by Gasteiger charge is -2.38. The number of nitrogens with one attached hydrogen (secondary N) is 1. The minimum atomic E-state index is -0.262. The van der Waals surface area contributed by atoms with Crippen molar-refractivity contribution in [3.05, 3.63) is 65.7 Å². The lowest BCUT2D eigenvalue weighted by atomic mass is 10.1. The number of carbonyl (C=O) groups excluding carboxylic acids is 1. The molecule has 0 aliphatic carbocycles. The van der Waals surface area contributed by atoms with Crippen LogP contribution in [0.15, 0.2) is 54.6 Å². The predicted octanol–water partition coefficient (Wildman–Crippen LogP) is 3.58. The molecule has 1 amide bonds. The van der Waals surface area contributed by atoms with Crippen molar-refractivity contribution in [2.24, 2.45) is 0 Å². The third-order valence-electron chi connectivity index (χ3n) is 4.55. The maximum atomic E-state index is 12.4. The average Bonchev–Trinajstić information content (AvgIpc) is 2.66. The molecule has 1 saturated heterocycles. The highest BCUT2D eigenvalue weighted by molar-refractivity contribution is 5.68. The van der Waals surface area contributed by atoms with E-state index in [-0.39, 0.29) is 24.8 Å². The lowest BCUT2D eigenvalue weighted by Crippen LogP contribution is -2.57. The standard InChI is InChI=1S/C21H26N2O3/c1-16-12-22-13-17(2)23(16)21(24)26-15-19-9-6-10-20(11-19)25-14-18-7-4-3-5-8-18/h3-11,16-17,22H,12-15H2,1-2H3. The summed E-state index contributed by atoms with van der Waals surface area (Å²) in [5, 5.41) is 3.31. The van der Waals surface area contributed by atoms with Gasteiger partial charge in [-0.1, -0.05) is 42.5 Å². The van der Waals surface area contributed by atoms with E-state index in [0.717, 1.165) is 30.0 Å². The minimum absolute atomic E-state index is 0.131. The van der Waals surface area contributed by atoms with Crippen molar-refractivity contribution in [1.82, 2.24) is 10.2 Å². The Morgan fingerprint density at radius 3 is 2.42 bits per heavy atom. The molecule has 0 spiro atoms. The van der Waals surface area contributed by atoms with E-state index in [4.69, 9.17) is 9.47 Å². The Kier molecular flexibility index (Phi) is 6.12. The van der Waals surface area contributed by atoms with Gasteiger partial charge in [0.15, 0.2) is 0 Å². The van der Waals surface area contributed by atoms with Crippen LogP contribution in [0.2, 0.25) is 0 Å². The SMILES string of the molecule is CC1CNCC(C)N1C(=O)OCc1cccc(OCc2ccccc2)c1. The molecule has 1 fully saturated rings. The molecule has 138 valence electrons.